The summed E-state index contributed by atoms with van der Waals surface area (Å²) in [6.07, 6.45) is 5.26. The van der Waals surface area contributed by atoms with Gasteiger partial charge in [-0.3, -0.25) is 9.78 Å². The molecule has 1 aliphatic rings. The standard InChI is InChI=1S/C13H14ClNO2/c1-8-12(6-11(14)7-15-8)9-3-4-10(5-9)13(16)17-2/h5-7,10H,3-4H2,1-2H3. The number of hydrogen-bond donors (Lipinski definition) is 0. The van der Waals surface area contributed by atoms with Crippen LogP contribution < -0.4 is 0 Å². The van der Waals surface area contributed by atoms with Crippen molar-refractivity contribution in [1.29, 1.82) is 0 Å². The molecule has 0 spiro atoms. The molecule has 0 fully saturated rings. The molecule has 1 aliphatic carbocycles. The number of halogens is 1. The Bertz CT molecular complexity index is 482. The highest BCUT2D eigenvalue weighted by Crippen LogP contribution is 2.34. The topological polar surface area (TPSA) is 39.2 Å². The van der Waals surface area contributed by atoms with Gasteiger partial charge < -0.3 is 4.74 Å². The van der Waals surface area contributed by atoms with Gasteiger partial charge in [0.2, 0.25) is 0 Å². The zero-order valence-corrected chi connectivity index (χ0v) is 10.6. The molecule has 0 saturated heterocycles. The van der Waals surface area contributed by atoms with E-state index in [4.69, 9.17) is 16.3 Å². The summed E-state index contributed by atoms with van der Waals surface area (Å²) in [7, 11) is 1.42. The van der Waals surface area contributed by atoms with Crippen LogP contribution in [0.25, 0.3) is 5.57 Å². The lowest BCUT2D eigenvalue weighted by molar-refractivity contribution is -0.143. The van der Waals surface area contributed by atoms with Gasteiger partial charge in [-0.25, -0.2) is 0 Å². The lowest BCUT2D eigenvalue weighted by Gasteiger charge is -2.05. The summed E-state index contributed by atoms with van der Waals surface area (Å²) in [6.45, 7) is 1.94. The number of aromatic nitrogens is 1. The fraction of sp³-hybridized carbons (Fsp3) is 0.385. The number of ether oxygens (including phenoxy) is 1. The van der Waals surface area contributed by atoms with E-state index in [1.54, 1.807) is 6.20 Å². The molecule has 0 bridgehead atoms. The number of carbonyl (C=O) groups is 1. The van der Waals surface area contributed by atoms with Crippen molar-refractivity contribution in [3.8, 4) is 0 Å². The summed E-state index contributed by atoms with van der Waals surface area (Å²) in [5.41, 5.74) is 3.10. The molecule has 1 unspecified atom stereocenters. The maximum Gasteiger partial charge on any atom is 0.312 e. The predicted molar refractivity (Wildman–Crippen MR) is 66.7 cm³/mol. The Labute approximate surface area is 105 Å². The van der Waals surface area contributed by atoms with Gasteiger partial charge in [0.1, 0.15) is 0 Å². The summed E-state index contributed by atoms with van der Waals surface area (Å²) in [5, 5.41) is 0.619. The predicted octanol–water partition coefficient (Wildman–Crippen LogP) is 3.01. The van der Waals surface area contributed by atoms with E-state index in [0.717, 1.165) is 29.7 Å². The Morgan fingerprint density at radius 1 is 1.59 bits per heavy atom. The largest absolute Gasteiger partial charge is 0.469 e. The number of carbonyl (C=O) groups excluding carboxylic acids is 1. The van der Waals surface area contributed by atoms with Crippen molar-refractivity contribution in [2.45, 2.75) is 19.8 Å². The fourth-order valence-electron chi connectivity index (χ4n) is 2.11. The first kappa shape index (κ1) is 12.1. The highest BCUT2D eigenvalue weighted by Gasteiger charge is 2.24. The molecule has 0 aromatic carbocycles. The summed E-state index contributed by atoms with van der Waals surface area (Å²) in [4.78, 5) is 15.7. The van der Waals surface area contributed by atoms with Crippen LogP contribution in [0.2, 0.25) is 5.02 Å². The second kappa shape index (κ2) is 4.88. The average molecular weight is 252 g/mol. The third-order valence-corrected chi connectivity index (χ3v) is 3.24. The van der Waals surface area contributed by atoms with Gasteiger partial charge in [-0.2, -0.15) is 0 Å². The van der Waals surface area contributed by atoms with E-state index in [2.05, 4.69) is 4.98 Å². The second-order valence-corrected chi connectivity index (χ2v) is 4.58. The first-order valence-electron chi connectivity index (χ1n) is 5.53. The van der Waals surface area contributed by atoms with Crippen LogP contribution in [0.15, 0.2) is 18.3 Å². The zero-order valence-electron chi connectivity index (χ0n) is 9.87. The molecule has 3 nitrogen and oxygen atoms in total. The van der Waals surface area contributed by atoms with Crippen molar-refractivity contribution in [3.63, 3.8) is 0 Å². The van der Waals surface area contributed by atoms with Gasteiger partial charge in [0.15, 0.2) is 0 Å². The van der Waals surface area contributed by atoms with Gasteiger partial charge >= 0.3 is 5.97 Å². The summed E-state index contributed by atoms with van der Waals surface area (Å²) >= 11 is 5.94. The normalized spacial score (nSPS) is 19.0. The number of aryl methyl sites for hydroxylation is 1. The lowest BCUT2D eigenvalue weighted by Crippen LogP contribution is -2.10. The number of methoxy groups -OCH3 is 1. The van der Waals surface area contributed by atoms with Crippen LogP contribution in [-0.4, -0.2) is 18.1 Å². The molecule has 4 heteroatoms. The van der Waals surface area contributed by atoms with Crippen molar-refractivity contribution >= 4 is 23.1 Å². The summed E-state index contributed by atoms with van der Waals surface area (Å²) in [6, 6.07) is 1.90. The maximum absolute atomic E-state index is 11.4. The monoisotopic (exact) mass is 251 g/mol. The lowest BCUT2D eigenvalue weighted by atomic mass is 10.0. The molecule has 0 saturated carbocycles. The van der Waals surface area contributed by atoms with E-state index in [1.807, 2.05) is 19.1 Å². The van der Waals surface area contributed by atoms with E-state index >= 15 is 0 Å². The van der Waals surface area contributed by atoms with Gasteiger partial charge in [-0.15, -0.1) is 0 Å². The minimum Gasteiger partial charge on any atom is -0.469 e. The molecule has 0 N–H and O–H groups in total. The van der Waals surface area contributed by atoms with E-state index in [0.29, 0.717) is 5.02 Å². The smallest absolute Gasteiger partial charge is 0.312 e. The summed E-state index contributed by atoms with van der Waals surface area (Å²) < 4.78 is 4.75. The number of rotatable bonds is 2. The molecule has 2 rings (SSSR count). The van der Waals surface area contributed by atoms with Crippen LogP contribution in [0.1, 0.15) is 24.1 Å². The third kappa shape index (κ3) is 2.50. The minimum absolute atomic E-state index is 0.131. The fourth-order valence-corrected chi connectivity index (χ4v) is 2.27. The van der Waals surface area contributed by atoms with Gasteiger partial charge in [0.25, 0.3) is 0 Å². The second-order valence-electron chi connectivity index (χ2n) is 4.15. The first-order valence-corrected chi connectivity index (χ1v) is 5.90. The Morgan fingerprint density at radius 2 is 2.35 bits per heavy atom. The number of nitrogens with zero attached hydrogens (tertiary/aromatic N) is 1. The van der Waals surface area contributed by atoms with E-state index < -0.39 is 0 Å². The van der Waals surface area contributed by atoms with Crippen LogP contribution in [-0.2, 0) is 9.53 Å². The first-order chi connectivity index (χ1) is 8.11. The maximum atomic E-state index is 11.4. The third-order valence-electron chi connectivity index (χ3n) is 3.03. The van der Waals surface area contributed by atoms with E-state index in [9.17, 15) is 4.79 Å². The van der Waals surface area contributed by atoms with E-state index in [-0.39, 0.29) is 11.9 Å². The molecule has 90 valence electrons. The van der Waals surface area contributed by atoms with E-state index in [1.165, 1.54) is 7.11 Å². The van der Waals surface area contributed by atoms with Crippen LogP contribution >= 0.6 is 11.6 Å². The van der Waals surface area contributed by atoms with Gasteiger partial charge in [-0.1, -0.05) is 17.7 Å². The van der Waals surface area contributed by atoms with Crippen LogP contribution in [0, 0.1) is 12.8 Å². The molecule has 0 amide bonds. The van der Waals surface area contributed by atoms with Crippen molar-refractivity contribution in [1.82, 2.24) is 4.98 Å². The van der Waals surface area contributed by atoms with Crippen molar-refractivity contribution < 1.29 is 9.53 Å². The quantitative estimate of drug-likeness (QED) is 0.759. The molecular formula is C13H14ClNO2. The molecule has 1 aromatic rings. The Balaban J connectivity index is 2.29. The van der Waals surface area contributed by atoms with Crippen LogP contribution in [0.3, 0.4) is 0 Å². The Kier molecular flexibility index (Phi) is 3.48. The molecular weight excluding hydrogens is 238 g/mol. The van der Waals surface area contributed by atoms with Crippen molar-refractivity contribution in [2.75, 3.05) is 7.11 Å². The van der Waals surface area contributed by atoms with Gasteiger partial charge in [0.05, 0.1) is 18.1 Å². The van der Waals surface area contributed by atoms with Crippen LogP contribution in [0.5, 0.6) is 0 Å². The number of hydrogen-bond acceptors (Lipinski definition) is 3. The zero-order chi connectivity index (χ0) is 12.4. The Morgan fingerprint density at radius 3 is 3.06 bits per heavy atom. The molecule has 1 atom stereocenters. The average Bonchev–Trinajstić information content (AvgIpc) is 2.80. The molecule has 17 heavy (non-hydrogen) atoms. The molecule has 1 heterocycles. The summed E-state index contributed by atoms with van der Waals surface area (Å²) in [5.74, 6) is -0.305. The minimum atomic E-state index is -0.173. The van der Waals surface area contributed by atoms with Gasteiger partial charge in [-0.05, 0) is 31.4 Å². The van der Waals surface area contributed by atoms with Crippen molar-refractivity contribution in [3.05, 3.63) is 34.6 Å². The highest BCUT2D eigenvalue weighted by molar-refractivity contribution is 6.30. The SMILES string of the molecule is COC(=O)C1C=C(c2cc(Cl)cnc2C)CC1. The van der Waals surface area contributed by atoms with Crippen molar-refractivity contribution in [2.24, 2.45) is 5.92 Å². The number of pyridine rings is 1. The molecule has 0 aliphatic heterocycles. The molecule has 0 radical (unpaired) electrons. The van der Waals surface area contributed by atoms with Crippen LogP contribution in [0.4, 0.5) is 0 Å². The highest BCUT2D eigenvalue weighted by atomic mass is 35.5. The molecule has 1 aromatic heterocycles. The van der Waals surface area contributed by atoms with Gasteiger partial charge in [0, 0.05) is 17.5 Å². The number of esters is 1. The Hall–Kier alpha value is -1.35. The number of allylic oxidation sites excluding steroid dienone is 1.